The molecular formula is C24H34N4O3. The molecule has 7 heteroatoms. The van der Waals surface area contributed by atoms with E-state index in [1.807, 2.05) is 30.3 Å². The maximum Gasteiger partial charge on any atom is 0.273 e. The third-order valence-electron chi connectivity index (χ3n) is 6.50. The summed E-state index contributed by atoms with van der Waals surface area (Å²) in [7, 11) is 0. The molecule has 1 amide bonds. The number of β-amino-alcohol motifs (C(OH)–C–C–N with tert-alkyl or cyclic N) is 1. The van der Waals surface area contributed by atoms with Gasteiger partial charge in [-0.05, 0) is 24.3 Å². The Balaban J connectivity index is 1.18. The van der Waals surface area contributed by atoms with E-state index in [9.17, 15) is 9.90 Å². The van der Waals surface area contributed by atoms with Gasteiger partial charge < -0.3 is 14.8 Å². The minimum absolute atomic E-state index is 0.139. The Kier molecular flexibility index (Phi) is 7.72. The van der Waals surface area contributed by atoms with Gasteiger partial charge in [-0.1, -0.05) is 49.6 Å². The van der Waals surface area contributed by atoms with E-state index in [1.165, 1.54) is 38.4 Å². The monoisotopic (exact) mass is 426 g/mol. The first-order valence-corrected chi connectivity index (χ1v) is 11.6. The summed E-state index contributed by atoms with van der Waals surface area (Å²) >= 11 is 0. The van der Waals surface area contributed by atoms with E-state index >= 15 is 0 Å². The molecule has 1 atom stereocenters. The van der Waals surface area contributed by atoms with Crippen molar-refractivity contribution < 1.29 is 14.3 Å². The molecule has 0 radical (unpaired) electrons. The van der Waals surface area contributed by atoms with Gasteiger partial charge in [0.05, 0.1) is 12.6 Å². The van der Waals surface area contributed by atoms with Gasteiger partial charge in [0.15, 0.2) is 5.69 Å². The van der Waals surface area contributed by atoms with Crippen LogP contribution in [0.1, 0.15) is 60.2 Å². The Labute approximate surface area is 184 Å². The summed E-state index contributed by atoms with van der Waals surface area (Å²) in [4.78, 5) is 21.3. The Morgan fingerprint density at radius 3 is 2.55 bits per heavy atom. The zero-order valence-corrected chi connectivity index (χ0v) is 18.2. The van der Waals surface area contributed by atoms with Gasteiger partial charge in [-0.15, -0.1) is 0 Å². The summed E-state index contributed by atoms with van der Waals surface area (Å²) in [5.74, 6) is 1.04. The Bertz CT molecular complexity index is 811. The molecule has 1 aliphatic heterocycles. The number of amides is 1. The molecule has 1 aromatic carbocycles. The second-order valence-electron chi connectivity index (χ2n) is 8.84. The Morgan fingerprint density at radius 1 is 1.10 bits per heavy atom. The molecule has 7 nitrogen and oxygen atoms in total. The molecule has 2 heterocycles. The number of rotatable bonds is 8. The number of hydrogen-bond acceptors (Lipinski definition) is 6. The quantitative estimate of drug-likeness (QED) is 0.676. The number of aromatic nitrogens is 1. The molecule has 2 aromatic rings. The summed E-state index contributed by atoms with van der Waals surface area (Å²) in [5.41, 5.74) is 1.33. The van der Waals surface area contributed by atoms with Gasteiger partial charge in [0, 0.05) is 39.3 Å². The van der Waals surface area contributed by atoms with Crippen LogP contribution in [0, 0.1) is 5.92 Å². The van der Waals surface area contributed by atoms with Crippen molar-refractivity contribution in [1.29, 1.82) is 0 Å². The lowest BCUT2D eigenvalue weighted by Crippen LogP contribution is -2.47. The van der Waals surface area contributed by atoms with Crippen LogP contribution in [0.5, 0.6) is 0 Å². The maximum absolute atomic E-state index is 12.4. The highest BCUT2D eigenvalue weighted by Gasteiger charge is 2.22. The highest BCUT2D eigenvalue weighted by molar-refractivity contribution is 5.91. The van der Waals surface area contributed by atoms with Gasteiger partial charge >= 0.3 is 0 Å². The van der Waals surface area contributed by atoms with E-state index in [0.717, 1.165) is 38.3 Å². The number of piperazine rings is 1. The summed E-state index contributed by atoms with van der Waals surface area (Å²) < 4.78 is 5.56. The molecule has 1 aromatic heterocycles. The van der Waals surface area contributed by atoms with Gasteiger partial charge in [-0.25, -0.2) is 4.98 Å². The van der Waals surface area contributed by atoms with Gasteiger partial charge in [-0.2, -0.15) is 0 Å². The molecule has 4 rings (SSSR count). The maximum atomic E-state index is 12.4. The smallest absolute Gasteiger partial charge is 0.273 e. The first kappa shape index (κ1) is 22.0. The van der Waals surface area contributed by atoms with E-state index in [-0.39, 0.29) is 5.91 Å². The highest BCUT2D eigenvalue weighted by atomic mass is 16.3. The number of benzene rings is 1. The highest BCUT2D eigenvalue weighted by Crippen LogP contribution is 2.23. The van der Waals surface area contributed by atoms with Crippen molar-refractivity contribution in [1.82, 2.24) is 20.1 Å². The zero-order valence-electron chi connectivity index (χ0n) is 18.2. The molecule has 0 bridgehead atoms. The topological polar surface area (TPSA) is 81.8 Å². The molecule has 2 fully saturated rings. The molecule has 1 saturated carbocycles. The van der Waals surface area contributed by atoms with Crippen LogP contribution in [0.15, 0.2) is 41.0 Å². The first-order valence-electron chi connectivity index (χ1n) is 11.6. The molecular weight excluding hydrogens is 392 g/mol. The predicted octanol–water partition coefficient (Wildman–Crippen LogP) is 2.84. The Morgan fingerprint density at radius 2 is 1.81 bits per heavy atom. The minimum atomic E-state index is -0.464. The Hall–Kier alpha value is -2.22. The average Bonchev–Trinajstić information content (AvgIpc) is 3.28. The zero-order chi connectivity index (χ0) is 21.5. The molecule has 2 aliphatic rings. The van der Waals surface area contributed by atoms with Crippen molar-refractivity contribution in [3.63, 3.8) is 0 Å². The largest absolute Gasteiger partial charge is 0.447 e. The standard InChI is InChI=1S/C24H34N4O3/c29-22(20-9-5-2-6-10-20)16-27-11-13-28(14-12-27)17-23-26-21(18-31-23)24(30)25-15-19-7-3-1-4-8-19/h2,5-6,9-10,18-19,22,29H,1,3-4,7-8,11-17H2,(H,25,30). The fraction of sp³-hybridized carbons (Fsp3) is 0.583. The van der Waals surface area contributed by atoms with Crippen molar-refractivity contribution in [3.8, 4) is 0 Å². The number of nitrogens with one attached hydrogen (secondary N) is 1. The van der Waals surface area contributed by atoms with Gasteiger partial charge in [-0.3, -0.25) is 14.6 Å². The van der Waals surface area contributed by atoms with Gasteiger partial charge in [0.2, 0.25) is 5.89 Å². The van der Waals surface area contributed by atoms with Crippen LogP contribution in [0.2, 0.25) is 0 Å². The van der Waals surface area contributed by atoms with Crippen LogP contribution < -0.4 is 5.32 Å². The fourth-order valence-electron chi connectivity index (χ4n) is 4.55. The lowest BCUT2D eigenvalue weighted by Gasteiger charge is -2.35. The number of nitrogens with zero attached hydrogens (tertiary/aromatic N) is 3. The summed E-state index contributed by atoms with van der Waals surface area (Å²) in [6, 6.07) is 9.80. The van der Waals surface area contributed by atoms with Crippen molar-refractivity contribution >= 4 is 5.91 Å². The van der Waals surface area contributed by atoms with Crippen molar-refractivity contribution in [3.05, 3.63) is 53.7 Å². The summed E-state index contributed by atoms with van der Waals surface area (Å²) in [5, 5.41) is 13.5. The number of oxazole rings is 1. The van der Waals surface area contributed by atoms with Crippen LogP contribution in [0.4, 0.5) is 0 Å². The molecule has 31 heavy (non-hydrogen) atoms. The SMILES string of the molecule is O=C(NCC1CCCCC1)c1coc(CN2CCN(CC(O)c3ccccc3)CC2)n1. The van der Waals surface area contributed by atoms with Crippen LogP contribution >= 0.6 is 0 Å². The van der Waals surface area contributed by atoms with E-state index in [2.05, 4.69) is 20.1 Å². The van der Waals surface area contributed by atoms with E-state index in [1.54, 1.807) is 0 Å². The third kappa shape index (κ3) is 6.38. The molecule has 0 spiro atoms. The van der Waals surface area contributed by atoms with E-state index in [0.29, 0.717) is 30.6 Å². The first-order chi connectivity index (χ1) is 15.2. The normalized spacial score (nSPS) is 19.9. The van der Waals surface area contributed by atoms with Gasteiger partial charge in [0.1, 0.15) is 6.26 Å². The van der Waals surface area contributed by atoms with E-state index in [4.69, 9.17) is 4.42 Å². The van der Waals surface area contributed by atoms with Crippen LogP contribution in [-0.4, -0.2) is 65.1 Å². The van der Waals surface area contributed by atoms with Crippen LogP contribution in [0.3, 0.4) is 0 Å². The second-order valence-corrected chi connectivity index (χ2v) is 8.84. The van der Waals surface area contributed by atoms with Crippen molar-refractivity contribution in [2.75, 3.05) is 39.3 Å². The molecule has 1 saturated heterocycles. The number of aliphatic hydroxyl groups is 1. The van der Waals surface area contributed by atoms with Crippen LogP contribution in [0.25, 0.3) is 0 Å². The predicted molar refractivity (Wildman–Crippen MR) is 119 cm³/mol. The summed E-state index contributed by atoms with van der Waals surface area (Å²) in [6.45, 7) is 5.52. The molecule has 1 unspecified atom stereocenters. The lowest BCUT2D eigenvalue weighted by atomic mass is 9.89. The molecule has 1 aliphatic carbocycles. The number of carbonyl (C=O) groups is 1. The van der Waals surface area contributed by atoms with E-state index < -0.39 is 6.10 Å². The number of hydrogen-bond donors (Lipinski definition) is 2. The van der Waals surface area contributed by atoms with Crippen molar-refractivity contribution in [2.24, 2.45) is 5.92 Å². The molecule has 2 N–H and O–H groups in total. The average molecular weight is 427 g/mol. The fourth-order valence-corrected chi connectivity index (χ4v) is 4.55. The third-order valence-corrected chi connectivity index (χ3v) is 6.50. The van der Waals surface area contributed by atoms with Crippen molar-refractivity contribution in [2.45, 2.75) is 44.8 Å². The van der Waals surface area contributed by atoms with Crippen LogP contribution in [-0.2, 0) is 6.54 Å². The van der Waals surface area contributed by atoms with Gasteiger partial charge in [0.25, 0.3) is 5.91 Å². The summed E-state index contributed by atoms with van der Waals surface area (Å²) in [6.07, 6.45) is 7.28. The lowest BCUT2D eigenvalue weighted by molar-refractivity contribution is 0.0671. The molecule has 168 valence electrons. The number of aliphatic hydroxyl groups excluding tert-OH is 1. The second kappa shape index (κ2) is 10.9. The minimum Gasteiger partial charge on any atom is -0.447 e. The number of carbonyl (C=O) groups excluding carboxylic acids is 1.